The van der Waals surface area contributed by atoms with Gasteiger partial charge in [-0.3, -0.25) is 14.2 Å². The zero-order chi connectivity index (χ0) is 18.4. The molecule has 0 spiro atoms. The second-order valence-electron chi connectivity index (χ2n) is 5.12. The van der Waals surface area contributed by atoms with Crippen molar-refractivity contribution in [2.24, 2.45) is 10.9 Å². The fourth-order valence-corrected chi connectivity index (χ4v) is 2.68. The molecule has 0 fully saturated rings. The summed E-state index contributed by atoms with van der Waals surface area (Å²) in [6.45, 7) is -0.243. The van der Waals surface area contributed by atoms with E-state index in [4.69, 9.17) is 15.8 Å². The summed E-state index contributed by atoms with van der Waals surface area (Å²) in [5.74, 6) is -1.30. The molecule has 0 bridgehead atoms. The Labute approximate surface area is 138 Å². The van der Waals surface area contributed by atoms with Crippen molar-refractivity contribution in [1.29, 1.82) is 0 Å². The first-order valence-electron chi connectivity index (χ1n) is 6.90. The van der Waals surface area contributed by atoms with E-state index in [0.717, 1.165) is 18.2 Å². The summed E-state index contributed by atoms with van der Waals surface area (Å²) >= 11 is 0. The van der Waals surface area contributed by atoms with Crippen LogP contribution in [-0.4, -0.2) is 38.7 Å². The highest BCUT2D eigenvalue weighted by atomic mass is 19.4. The molecule has 3 N–H and O–H groups in total. The second-order valence-corrected chi connectivity index (χ2v) is 5.12. The number of rotatable bonds is 2. The minimum Gasteiger partial charge on any atom is -0.409 e. The van der Waals surface area contributed by atoms with Gasteiger partial charge in [-0.25, -0.2) is 10.0 Å². The van der Waals surface area contributed by atoms with Crippen LogP contribution in [0.4, 0.5) is 13.2 Å². The van der Waals surface area contributed by atoms with Crippen LogP contribution in [0.2, 0.25) is 0 Å². The Morgan fingerprint density at radius 2 is 2.16 bits per heavy atom. The molecule has 132 valence electrons. The summed E-state index contributed by atoms with van der Waals surface area (Å²) in [5.41, 5.74) is 4.13. The maximum absolute atomic E-state index is 13.4. The number of aromatic nitrogens is 2. The molecule has 2 heterocycles. The zero-order valence-corrected chi connectivity index (χ0v) is 12.8. The van der Waals surface area contributed by atoms with Crippen molar-refractivity contribution in [2.45, 2.75) is 12.7 Å². The lowest BCUT2D eigenvalue weighted by atomic mass is 10.0. The van der Waals surface area contributed by atoms with Crippen molar-refractivity contribution < 1.29 is 28.0 Å². The predicted octanol–water partition coefficient (Wildman–Crippen LogP) is 1.50. The number of hydroxylamine groups is 2. The van der Waals surface area contributed by atoms with E-state index in [9.17, 15) is 18.0 Å². The number of carbonyl (C=O) groups excluding carboxylic acids is 1. The van der Waals surface area contributed by atoms with Crippen molar-refractivity contribution in [3.8, 4) is 5.69 Å². The first-order valence-corrected chi connectivity index (χ1v) is 6.90. The Balaban J connectivity index is 2.35. The van der Waals surface area contributed by atoms with Gasteiger partial charge in [-0.15, -0.1) is 0 Å². The highest BCUT2D eigenvalue weighted by molar-refractivity contribution is 6.01. The summed E-state index contributed by atoms with van der Waals surface area (Å²) in [5, 5.41) is 12.5. The van der Waals surface area contributed by atoms with Crippen molar-refractivity contribution in [2.75, 3.05) is 7.11 Å². The minimum atomic E-state index is -4.74. The van der Waals surface area contributed by atoms with Gasteiger partial charge in [-0.1, -0.05) is 11.2 Å². The molecule has 1 aromatic heterocycles. The van der Waals surface area contributed by atoms with Crippen LogP contribution in [0, 0.1) is 0 Å². The molecule has 11 heteroatoms. The number of halogens is 3. The molecule has 8 nitrogen and oxygen atoms in total. The molecule has 1 amide bonds. The quantitative estimate of drug-likeness (QED) is 0.368. The van der Waals surface area contributed by atoms with Gasteiger partial charge in [0.2, 0.25) is 0 Å². The van der Waals surface area contributed by atoms with Crippen molar-refractivity contribution in [3.05, 3.63) is 47.0 Å². The SMILES string of the molecule is CON1Cc2c(C(N)=NO)ncn2-c2cccc(C(F)(F)F)c2C1=O. The van der Waals surface area contributed by atoms with Gasteiger partial charge in [0.1, 0.15) is 12.0 Å². The lowest BCUT2D eigenvalue weighted by Gasteiger charge is -2.19. The molecular weight excluding hydrogens is 343 g/mol. The number of amides is 1. The van der Waals surface area contributed by atoms with Crippen LogP contribution >= 0.6 is 0 Å². The molecular formula is C14H12F3N5O3. The maximum Gasteiger partial charge on any atom is 0.417 e. The van der Waals surface area contributed by atoms with Crippen molar-refractivity contribution in [3.63, 3.8) is 0 Å². The Bertz CT molecular complexity index is 875. The average molecular weight is 355 g/mol. The van der Waals surface area contributed by atoms with Crippen LogP contribution in [0.15, 0.2) is 29.7 Å². The smallest absolute Gasteiger partial charge is 0.409 e. The molecule has 3 rings (SSSR count). The Kier molecular flexibility index (Phi) is 3.87. The number of alkyl halides is 3. The number of amidine groups is 1. The summed E-state index contributed by atoms with van der Waals surface area (Å²) in [4.78, 5) is 21.5. The van der Waals surface area contributed by atoms with E-state index in [-0.39, 0.29) is 29.5 Å². The van der Waals surface area contributed by atoms with Gasteiger partial charge in [0, 0.05) is 0 Å². The van der Waals surface area contributed by atoms with E-state index < -0.39 is 23.2 Å². The molecule has 0 unspecified atom stereocenters. The molecule has 1 aromatic carbocycles. The van der Waals surface area contributed by atoms with Crippen LogP contribution in [0.1, 0.15) is 27.3 Å². The number of carbonyl (C=O) groups is 1. The monoisotopic (exact) mass is 355 g/mol. The third-order valence-corrected chi connectivity index (χ3v) is 3.78. The highest BCUT2D eigenvalue weighted by Gasteiger charge is 2.40. The predicted molar refractivity (Wildman–Crippen MR) is 78.0 cm³/mol. The van der Waals surface area contributed by atoms with Gasteiger partial charge >= 0.3 is 6.18 Å². The first kappa shape index (κ1) is 16.8. The number of oxime groups is 1. The Morgan fingerprint density at radius 3 is 2.76 bits per heavy atom. The average Bonchev–Trinajstić information content (AvgIpc) is 2.95. The Hall–Kier alpha value is -3.08. The van der Waals surface area contributed by atoms with Gasteiger partial charge < -0.3 is 10.9 Å². The lowest BCUT2D eigenvalue weighted by Crippen LogP contribution is -2.31. The molecule has 2 aromatic rings. The molecule has 0 saturated heterocycles. The third kappa shape index (κ3) is 2.58. The molecule has 0 radical (unpaired) electrons. The van der Waals surface area contributed by atoms with E-state index in [1.165, 1.54) is 23.0 Å². The second kappa shape index (κ2) is 5.77. The maximum atomic E-state index is 13.4. The number of fused-ring (bicyclic) bond motifs is 3. The zero-order valence-electron chi connectivity index (χ0n) is 12.8. The molecule has 1 aliphatic rings. The topological polar surface area (TPSA) is 106 Å². The number of imidazole rings is 1. The fourth-order valence-electron chi connectivity index (χ4n) is 2.68. The van der Waals surface area contributed by atoms with E-state index in [2.05, 4.69) is 10.1 Å². The largest absolute Gasteiger partial charge is 0.417 e. The van der Waals surface area contributed by atoms with E-state index in [1.54, 1.807) is 0 Å². The normalized spacial score (nSPS) is 15.0. The number of hydrogen-bond donors (Lipinski definition) is 2. The standard InChI is InChI=1S/C14H12F3N5O3/c1-25-22-5-9-11(12(18)20-24)19-6-21(9)8-4-2-3-7(14(15,16)17)10(8)13(22)23/h2-4,6,24H,5H2,1H3,(H2,18,20). The molecule has 0 aliphatic carbocycles. The highest BCUT2D eigenvalue weighted by Crippen LogP contribution is 2.37. The van der Waals surface area contributed by atoms with Gasteiger partial charge in [0.05, 0.1) is 36.2 Å². The van der Waals surface area contributed by atoms with Gasteiger partial charge in [0.15, 0.2) is 5.84 Å². The van der Waals surface area contributed by atoms with Gasteiger partial charge in [0.25, 0.3) is 5.91 Å². The molecule has 0 atom stereocenters. The third-order valence-electron chi connectivity index (χ3n) is 3.78. The molecule has 0 saturated carbocycles. The number of hydrogen-bond acceptors (Lipinski definition) is 5. The van der Waals surface area contributed by atoms with E-state index in [0.29, 0.717) is 0 Å². The summed E-state index contributed by atoms with van der Waals surface area (Å²) in [6, 6.07) is 3.35. The van der Waals surface area contributed by atoms with Crippen molar-refractivity contribution in [1.82, 2.24) is 14.6 Å². The van der Waals surface area contributed by atoms with Crippen LogP contribution < -0.4 is 5.73 Å². The first-order chi connectivity index (χ1) is 11.8. The van der Waals surface area contributed by atoms with E-state index >= 15 is 0 Å². The van der Waals surface area contributed by atoms with Gasteiger partial charge in [-0.2, -0.15) is 13.2 Å². The van der Waals surface area contributed by atoms with E-state index in [1.807, 2.05) is 0 Å². The van der Waals surface area contributed by atoms with Crippen molar-refractivity contribution >= 4 is 11.7 Å². The fraction of sp³-hybridized carbons (Fsp3) is 0.214. The van der Waals surface area contributed by atoms with Crippen LogP contribution in [0.25, 0.3) is 5.69 Å². The summed E-state index contributed by atoms with van der Waals surface area (Å²) in [6.07, 6.45) is -3.53. The summed E-state index contributed by atoms with van der Waals surface area (Å²) < 4.78 is 41.4. The van der Waals surface area contributed by atoms with Crippen LogP contribution in [-0.2, 0) is 17.6 Å². The summed E-state index contributed by atoms with van der Waals surface area (Å²) in [7, 11) is 1.16. The van der Waals surface area contributed by atoms with Gasteiger partial charge in [-0.05, 0) is 12.1 Å². The molecule has 1 aliphatic heterocycles. The number of nitrogens with zero attached hydrogens (tertiary/aromatic N) is 4. The minimum absolute atomic E-state index is 0.0288. The molecule has 25 heavy (non-hydrogen) atoms. The Morgan fingerprint density at radius 1 is 1.44 bits per heavy atom. The van der Waals surface area contributed by atoms with Crippen LogP contribution in [0.5, 0.6) is 0 Å². The lowest BCUT2D eigenvalue weighted by molar-refractivity contribution is -0.139. The number of benzene rings is 1. The number of nitrogens with two attached hydrogens (primary N) is 1. The van der Waals surface area contributed by atoms with Crippen LogP contribution in [0.3, 0.4) is 0 Å².